The van der Waals surface area contributed by atoms with Gasteiger partial charge in [0.05, 0.1) is 6.42 Å². The SMILES string of the molecule is CC1C(OC(=O)CCC(=O)NCCCC(=O)NC(CS)C(=O)O)O[C@H]2OC3(C)CC[C@H]4[C@H](C)CCC1C24OO3. The minimum atomic E-state index is -1.16. The Morgan fingerprint density at radius 1 is 1.05 bits per heavy atom. The Bertz CT molecular complexity index is 952. The minimum Gasteiger partial charge on any atom is -0.480 e. The second-order valence-electron chi connectivity index (χ2n) is 11.4. The summed E-state index contributed by atoms with van der Waals surface area (Å²) in [4.78, 5) is 59.5. The first-order valence-corrected chi connectivity index (χ1v) is 14.4. The zero-order valence-electron chi connectivity index (χ0n) is 22.7. The number of aliphatic carboxylic acids is 1. The summed E-state index contributed by atoms with van der Waals surface area (Å²) >= 11 is 3.89. The van der Waals surface area contributed by atoms with Gasteiger partial charge in [0.1, 0.15) is 6.04 Å². The average Bonchev–Trinajstić information content (AvgIpc) is 3.12. The number of thiol groups is 1. The molecule has 1 saturated carbocycles. The zero-order valence-corrected chi connectivity index (χ0v) is 23.6. The molecule has 39 heavy (non-hydrogen) atoms. The summed E-state index contributed by atoms with van der Waals surface area (Å²) in [5.74, 6) is -2.93. The maximum Gasteiger partial charge on any atom is 0.327 e. The van der Waals surface area contributed by atoms with Gasteiger partial charge < -0.3 is 30.0 Å². The molecule has 4 saturated heterocycles. The zero-order chi connectivity index (χ0) is 28.4. The highest BCUT2D eigenvalue weighted by molar-refractivity contribution is 7.80. The van der Waals surface area contributed by atoms with Crippen LogP contribution in [0.4, 0.5) is 0 Å². The topological polar surface area (TPSA) is 159 Å². The van der Waals surface area contributed by atoms with Crippen LogP contribution >= 0.6 is 12.6 Å². The van der Waals surface area contributed by atoms with Gasteiger partial charge in [-0.15, -0.1) is 0 Å². The molecule has 220 valence electrons. The summed E-state index contributed by atoms with van der Waals surface area (Å²) in [5.41, 5.74) is -0.742. The molecule has 5 rings (SSSR count). The van der Waals surface area contributed by atoms with Crippen LogP contribution in [0.1, 0.15) is 72.1 Å². The molecule has 0 aromatic heterocycles. The summed E-state index contributed by atoms with van der Waals surface area (Å²) in [6.07, 6.45) is 2.13. The standard InChI is InChI=1S/C26H40N2O10S/c1-14-6-7-17-15(2)23(35-24-26(17)16(14)10-11-25(3,36-24)37-38-26)34-21(31)9-8-19(29)27-12-4-5-20(30)28-18(13-39)22(32)33/h14-18,23-24,39H,4-13H2,1-3H3,(H,27,29)(H,28,30)(H,32,33)/t14-,15?,16+,17?,18?,23?,24+,25?,26?/m1/s1. The van der Waals surface area contributed by atoms with Crippen molar-refractivity contribution in [2.45, 2.75) is 102 Å². The van der Waals surface area contributed by atoms with E-state index in [9.17, 15) is 19.2 Å². The lowest BCUT2D eigenvalue weighted by atomic mass is 9.58. The summed E-state index contributed by atoms with van der Waals surface area (Å²) in [7, 11) is 0. The lowest BCUT2D eigenvalue weighted by Gasteiger charge is -2.59. The molecule has 4 heterocycles. The van der Waals surface area contributed by atoms with Crippen molar-refractivity contribution in [3.63, 3.8) is 0 Å². The fourth-order valence-electron chi connectivity index (χ4n) is 6.43. The van der Waals surface area contributed by atoms with Gasteiger partial charge in [-0.05, 0) is 44.4 Å². The first-order chi connectivity index (χ1) is 18.5. The maximum absolute atomic E-state index is 12.7. The van der Waals surface area contributed by atoms with Gasteiger partial charge in [-0.1, -0.05) is 13.8 Å². The number of amides is 2. The second kappa shape index (κ2) is 12.3. The van der Waals surface area contributed by atoms with E-state index < -0.39 is 47.9 Å². The number of rotatable bonds is 11. The van der Waals surface area contributed by atoms with E-state index in [-0.39, 0.29) is 55.2 Å². The van der Waals surface area contributed by atoms with Crippen LogP contribution in [-0.2, 0) is 43.2 Å². The van der Waals surface area contributed by atoms with Crippen LogP contribution in [0.2, 0.25) is 0 Å². The molecule has 5 aliphatic rings. The van der Waals surface area contributed by atoms with Gasteiger partial charge in [0.2, 0.25) is 23.9 Å². The maximum atomic E-state index is 12.7. The van der Waals surface area contributed by atoms with E-state index in [1.807, 2.05) is 13.8 Å². The number of nitrogens with one attached hydrogen (secondary N) is 2. The summed E-state index contributed by atoms with van der Waals surface area (Å²) in [6.45, 7) is 6.26. The van der Waals surface area contributed by atoms with Crippen LogP contribution in [0.3, 0.4) is 0 Å². The molecular weight excluding hydrogens is 532 g/mol. The van der Waals surface area contributed by atoms with Crippen LogP contribution in [-0.4, -0.2) is 71.2 Å². The Labute approximate surface area is 233 Å². The number of fused-ring (bicyclic) bond motifs is 2. The van der Waals surface area contributed by atoms with Gasteiger partial charge in [-0.2, -0.15) is 12.6 Å². The number of hydrogen-bond acceptors (Lipinski definition) is 10. The van der Waals surface area contributed by atoms with Crippen LogP contribution in [0.25, 0.3) is 0 Å². The van der Waals surface area contributed by atoms with E-state index in [4.69, 9.17) is 29.1 Å². The van der Waals surface area contributed by atoms with Crippen molar-refractivity contribution in [2.24, 2.45) is 23.7 Å². The van der Waals surface area contributed by atoms with Gasteiger partial charge in [-0.25, -0.2) is 14.6 Å². The largest absolute Gasteiger partial charge is 0.480 e. The number of carbonyl (C=O) groups is 4. The molecule has 2 amide bonds. The summed E-state index contributed by atoms with van der Waals surface area (Å²) in [6, 6.07) is -1.06. The number of carbonyl (C=O) groups excluding carboxylic acids is 3. The van der Waals surface area contributed by atoms with Crippen molar-refractivity contribution < 1.29 is 48.3 Å². The second-order valence-corrected chi connectivity index (χ2v) is 11.7. The molecule has 6 unspecified atom stereocenters. The fraction of sp³-hybridized carbons (Fsp3) is 0.846. The number of carboxylic acids is 1. The first-order valence-electron chi connectivity index (χ1n) is 13.8. The van der Waals surface area contributed by atoms with Crippen molar-refractivity contribution >= 4 is 36.4 Å². The Morgan fingerprint density at radius 3 is 2.54 bits per heavy atom. The molecule has 0 aromatic carbocycles. The molecule has 1 spiro atoms. The van der Waals surface area contributed by atoms with Crippen molar-refractivity contribution in [1.82, 2.24) is 10.6 Å². The predicted molar refractivity (Wildman–Crippen MR) is 138 cm³/mol. The van der Waals surface area contributed by atoms with Gasteiger partial charge in [-0.3, -0.25) is 14.4 Å². The normalized spacial score (nSPS) is 37.6. The number of hydrogen-bond donors (Lipinski definition) is 4. The third-order valence-electron chi connectivity index (χ3n) is 8.62. The molecule has 3 N–H and O–H groups in total. The van der Waals surface area contributed by atoms with Crippen LogP contribution in [0, 0.1) is 23.7 Å². The Balaban J connectivity index is 1.23. The Morgan fingerprint density at radius 2 is 1.82 bits per heavy atom. The minimum absolute atomic E-state index is 0.0188. The molecule has 13 heteroatoms. The molecule has 5 fully saturated rings. The molecule has 0 aromatic rings. The molecule has 4 aliphatic heterocycles. The molecule has 1 aliphatic carbocycles. The lowest BCUT2D eigenvalue weighted by molar-refractivity contribution is -0.576. The van der Waals surface area contributed by atoms with Gasteiger partial charge in [0.25, 0.3) is 0 Å². The summed E-state index contributed by atoms with van der Waals surface area (Å²) < 4.78 is 18.2. The van der Waals surface area contributed by atoms with Crippen molar-refractivity contribution in [2.75, 3.05) is 12.3 Å². The number of ether oxygens (including phenoxy) is 3. The van der Waals surface area contributed by atoms with Crippen LogP contribution in [0.5, 0.6) is 0 Å². The monoisotopic (exact) mass is 572 g/mol. The highest BCUT2D eigenvalue weighted by Gasteiger charge is 2.69. The van der Waals surface area contributed by atoms with E-state index >= 15 is 0 Å². The third kappa shape index (κ3) is 6.37. The quantitative estimate of drug-likeness (QED) is 0.125. The van der Waals surface area contributed by atoms with Crippen LogP contribution in [0.15, 0.2) is 0 Å². The van der Waals surface area contributed by atoms with Crippen molar-refractivity contribution in [3.05, 3.63) is 0 Å². The molecule has 0 radical (unpaired) electrons. The van der Waals surface area contributed by atoms with Gasteiger partial charge in [0, 0.05) is 43.4 Å². The van der Waals surface area contributed by atoms with Crippen molar-refractivity contribution in [3.8, 4) is 0 Å². The van der Waals surface area contributed by atoms with E-state index in [1.54, 1.807) is 0 Å². The smallest absolute Gasteiger partial charge is 0.327 e. The lowest BCUT2D eigenvalue weighted by Crippen LogP contribution is -2.70. The number of esters is 1. The Hall–Kier alpha value is -1.93. The van der Waals surface area contributed by atoms with Crippen molar-refractivity contribution in [1.29, 1.82) is 0 Å². The molecule has 9 atom stereocenters. The van der Waals surface area contributed by atoms with E-state index in [2.05, 4.69) is 30.2 Å². The summed E-state index contributed by atoms with van der Waals surface area (Å²) in [5, 5.41) is 14.0. The molecule has 12 nitrogen and oxygen atoms in total. The molecule has 2 bridgehead atoms. The van der Waals surface area contributed by atoms with E-state index in [1.165, 1.54) is 0 Å². The van der Waals surface area contributed by atoms with Gasteiger partial charge in [0.15, 0.2) is 11.9 Å². The fourth-order valence-corrected chi connectivity index (χ4v) is 6.68. The van der Waals surface area contributed by atoms with E-state index in [0.717, 1.165) is 19.3 Å². The Kier molecular flexibility index (Phi) is 9.47. The average molecular weight is 573 g/mol. The highest BCUT2D eigenvalue weighted by Crippen LogP contribution is 2.60. The number of carboxylic acid groups (broad SMARTS) is 1. The predicted octanol–water partition coefficient (Wildman–Crippen LogP) is 1.91. The first kappa shape index (κ1) is 30.0. The van der Waals surface area contributed by atoms with E-state index in [0.29, 0.717) is 18.8 Å². The highest BCUT2D eigenvalue weighted by atomic mass is 32.1. The molecular formula is C26H40N2O10S. The third-order valence-corrected chi connectivity index (χ3v) is 8.98. The van der Waals surface area contributed by atoms with Gasteiger partial charge >= 0.3 is 11.9 Å². The van der Waals surface area contributed by atoms with Crippen LogP contribution < -0.4 is 10.6 Å².